The van der Waals surface area contributed by atoms with Crippen molar-refractivity contribution in [2.45, 2.75) is 64.3 Å². The molecule has 0 bridgehead atoms. The summed E-state index contributed by atoms with van der Waals surface area (Å²) in [5, 5.41) is 13.7. The molecule has 0 saturated carbocycles. The first kappa shape index (κ1) is 33.6. The first-order valence-corrected chi connectivity index (χ1v) is 14.1. The number of morpholine rings is 1. The molecule has 228 valence electrons. The zero-order valence-electron chi connectivity index (χ0n) is 24.4. The summed E-state index contributed by atoms with van der Waals surface area (Å²) in [4.78, 5) is 25.4. The largest absolute Gasteiger partial charge is 0.390 e. The molecule has 0 radical (unpaired) electrons. The number of rotatable bonds is 7. The van der Waals surface area contributed by atoms with Crippen LogP contribution in [-0.2, 0) is 28.0 Å². The molecule has 1 amide bonds. The summed E-state index contributed by atoms with van der Waals surface area (Å²) in [6, 6.07) is 9.50. The van der Waals surface area contributed by atoms with E-state index in [-0.39, 0.29) is 54.6 Å². The Morgan fingerprint density at radius 3 is 2.66 bits per heavy atom. The Bertz CT molecular complexity index is 1200. The highest BCUT2D eigenvalue weighted by atomic mass is 35.5. The van der Waals surface area contributed by atoms with Gasteiger partial charge in [0, 0.05) is 62.7 Å². The third kappa shape index (κ3) is 7.39. The number of ether oxygens (including phenoxy) is 1. The van der Waals surface area contributed by atoms with Crippen LogP contribution in [0.4, 0.5) is 10.1 Å². The Kier molecular flexibility index (Phi) is 11.6. The second-order valence-electron chi connectivity index (χ2n) is 12.1. The van der Waals surface area contributed by atoms with Crippen molar-refractivity contribution in [2.24, 2.45) is 0 Å². The molecular formula is C30H44Cl2FN5O3. The summed E-state index contributed by atoms with van der Waals surface area (Å²) in [6.45, 7) is 14.1. The number of piperazine rings is 1. The van der Waals surface area contributed by atoms with Gasteiger partial charge in [-0.25, -0.2) is 4.39 Å². The van der Waals surface area contributed by atoms with E-state index in [1.165, 1.54) is 6.07 Å². The third-order valence-electron chi connectivity index (χ3n) is 8.46. The lowest BCUT2D eigenvalue weighted by Gasteiger charge is -2.43. The maximum Gasteiger partial charge on any atom is 0.241 e. The number of aromatic nitrogens is 1. The van der Waals surface area contributed by atoms with Gasteiger partial charge in [0.05, 0.1) is 43.4 Å². The van der Waals surface area contributed by atoms with Crippen molar-refractivity contribution in [3.05, 3.63) is 58.7 Å². The number of fused-ring (bicyclic) bond motifs is 1. The molecule has 2 N–H and O–H groups in total. The van der Waals surface area contributed by atoms with Crippen molar-refractivity contribution < 1.29 is 19.0 Å². The number of aliphatic hydroxyl groups excluding tert-OH is 1. The molecule has 1 aromatic heterocycles. The third-order valence-corrected chi connectivity index (χ3v) is 8.46. The van der Waals surface area contributed by atoms with Gasteiger partial charge in [0.1, 0.15) is 5.82 Å². The van der Waals surface area contributed by atoms with Gasteiger partial charge in [-0.3, -0.25) is 19.6 Å². The number of carbonyl (C=O) groups excluding carboxylic acids is 1. The average Bonchev–Trinajstić information content (AvgIpc) is 3.17. The number of hydrogen-bond acceptors (Lipinski definition) is 7. The molecule has 8 nitrogen and oxygen atoms in total. The van der Waals surface area contributed by atoms with E-state index in [2.05, 4.69) is 42.8 Å². The minimum Gasteiger partial charge on any atom is -0.390 e. The van der Waals surface area contributed by atoms with Crippen LogP contribution in [0.2, 0.25) is 0 Å². The van der Waals surface area contributed by atoms with Crippen molar-refractivity contribution in [1.29, 1.82) is 0 Å². The van der Waals surface area contributed by atoms with E-state index in [1.807, 2.05) is 11.0 Å². The second-order valence-corrected chi connectivity index (χ2v) is 12.1. The summed E-state index contributed by atoms with van der Waals surface area (Å²) in [7, 11) is 0. The summed E-state index contributed by atoms with van der Waals surface area (Å²) in [6.07, 6.45) is 0.306. The average molecular weight is 613 g/mol. The lowest BCUT2D eigenvalue weighted by atomic mass is 9.90. The monoisotopic (exact) mass is 611 g/mol. The lowest BCUT2D eigenvalue weighted by molar-refractivity contribution is -0.121. The number of halogens is 3. The zero-order valence-corrected chi connectivity index (χ0v) is 26.1. The Balaban J connectivity index is 0.00000231. The maximum atomic E-state index is 14.5. The van der Waals surface area contributed by atoms with E-state index in [0.29, 0.717) is 42.9 Å². The van der Waals surface area contributed by atoms with Crippen LogP contribution in [0.1, 0.15) is 50.2 Å². The van der Waals surface area contributed by atoms with Gasteiger partial charge < -0.3 is 20.1 Å². The van der Waals surface area contributed by atoms with Crippen LogP contribution in [0.5, 0.6) is 0 Å². The fourth-order valence-electron chi connectivity index (χ4n) is 6.17. The summed E-state index contributed by atoms with van der Waals surface area (Å²) in [5.74, 6) is -0.241. The van der Waals surface area contributed by atoms with Crippen molar-refractivity contribution in [1.82, 2.24) is 20.1 Å². The fraction of sp³-hybridized carbons (Fsp3) is 0.600. The number of pyridine rings is 1. The van der Waals surface area contributed by atoms with E-state index >= 15 is 0 Å². The minimum atomic E-state index is -0.356. The summed E-state index contributed by atoms with van der Waals surface area (Å²) in [5.41, 5.74) is 3.05. The van der Waals surface area contributed by atoms with Crippen LogP contribution >= 0.6 is 24.8 Å². The number of aliphatic hydroxyl groups is 1. The smallest absolute Gasteiger partial charge is 0.241 e. The Morgan fingerprint density at radius 2 is 1.95 bits per heavy atom. The molecule has 2 fully saturated rings. The van der Waals surface area contributed by atoms with Crippen LogP contribution < -0.4 is 10.2 Å². The van der Waals surface area contributed by atoms with Gasteiger partial charge in [0.25, 0.3) is 0 Å². The fourth-order valence-corrected chi connectivity index (χ4v) is 6.17. The standard InChI is InChI=1S/C30H42FN5O3.2ClH/c1-20-14-35(24(13-32-20)15-34-9-10-39-18-21(34)2)16-28(38)36-19-30(3,4)29-27(36)12-23(26(17-37)33-29)11-22-7-5-6-8-25(22)31;;/h5-8,12,20-21,24,32,37H,9-11,13-19H2,1-4H3;2*1H/t20-,21-,24-;;/m1../s1. The number of hydrogen-bond donors (Lipinski definition) is 2. The Hall–Kier alpha value is -1.85. The molecule has 2 saturated heterocycles. The Labute approximate surface area is 255 Å². The number of carbonyl (C=O) groups is 1. The molecule has 0 spiro atoms. The van der Waals surface area contributed by atoms with E-state index < -0.39 is 0 Å². The van der Waals surface area contributed by atoms with Gasteiger partial charge in [-0.15, -0.1) is 24.8 Å². The van der Waals surface area contributed by atoms with Gasteiger partial charge in [0.15, 0.2) is 0 Å². The van der Waals surface area contributed by atoms with E-state index in [9.17, 15) is 14.3 Å². The van der Waals surface area contributed by atoms with Crippen molar-refractivity contribution in [2.75, 3.05) is 57.4 Å². The summed E-state index contributed by atoms with van der Waals surface area (Å²) >= 11 is 0. The minimum absolute atomic E-state index is 0. The molecule has 4 heterocycles. The molecule has 1 aromatic carbocycles. The normalized spacial score (nSPS) is 24.3. The quantitative estimate of drug-likeness (QED) is 0.498. The molecule has 11 heteroatoms. The highest BCUT2D eigenvalue weighted by molar-refractivity contribution is 5.97. The van der Waals surface area contributed by atoms with Crippen molar-refractivity contribution in [3.8, 4) is 0 Å². The number of nitrogens with one attached hydrogen (secondary N) is 1. The number of anilines is 1. The topological polar surface area (TPSA) is 81.2 Å². The van der Waals surface area contributed by atoms with Gasteiger partial charge in [0.2, 0.25) is 5.91 Å². The molecule has 2 aromatic rings. The second kappa shape index (κ2) is 14.1. The molecule has 3 atom stereocenters. The van der Waals surface area contributed by atoms with Gasteiger partial charge >= 0.3 is 0 Å². The molecule has 3 aliphatic rings. The number of nitrogens with zero attached hydrogens (tertiary/aromatic N) is 4. The number of amides is 1. The van der Waals surface area contributed by atoms with Crippen molar-refractivity contribution >= 4 is 36.4 Å². The van der Waals surface area contributed by atoms with Gasteiger partial charge in [-0.1, -0.05) is 32.0 Å². The zero-order chi connectivity index (χ0) is 27.7. The first-order valence-electron chi connectivity index (χ1n) is 14.1. The van der Waals surface area contributed by atoms with Crippen LogP contribution in [0.3, 0.4) is 0 Å². The van der Waals surface area contributed by atoms with Crippen LogP contribution in [0.15, 0.2) is 30.3 Å². The molecule has 3 aliphatic heterocycles. The van der Waals surface area contributed by atoms with Gasteiger partial charge in [-0.05, 0) is 37.1 Å². The highest BCUT2D eigenvalue weighted by Gasteiger charge is 2.41. The predicted octanol–water partition coefficient (Wildman–Crippen LogP) is 3.15. The van der Waals surface area contributed by atoms with Crippen LogP contribution in [-0.4, -0.2) is 96.4 Å². The highest BCUT2D eigenvalue weighted by Crippen LogP contribution is 2.41. The van der Waals surface area contributed by atoms with Crippen LogP contribution in [0.25, 0.3) is 0 Å². The Morgan fingerprint density at radius 1 is 1.20 bits per heavy atom. The van der Waals surface area contributed by atoms with E-state index in [1.54, 1.807) is 18.2 Å². The molecule has 5 rings (SSSR count). The maximum absolute atomic E-state index is 14.5. The van der Waals surface area contributed by atoms with Gasteiger partial charge in [-0.2, -0.15) is 0 Å². The SMILES string of the molecule is C[C@@H]1CN(CC(=O)N2CC(C)(C)c3nc(CO)c(Cc4ccccc4F)cc32)[C@@H](CN2CCOC[C@H]2C)CN1.Cl.Cl. The molecule has 41 heavy (non-hydrogen) atoms. The lowest BCUT2D eigenvalue weighted by Crippen LogP contribution is -2.62. The predicted molar refractivity (Wildman–Crippen MR) is 164 cm³/mol. The van der Waals surface area contributed by atoms with E-state index in [4.69, 9.17) is 9.72 Å². The number of benzene rings is 1. The van der Waals surface area contributed by atoms with E-state index in [0.717, 1.165) is 56.3 Å². The van der Waals surface area contributed by atoms with Crippen molar-refractivity contribution in [3.63, 3.8) is 0 Å². The molecule has 0 aliphatic carbocycles. The van der Waals surface area contributed by atoms with Crippen LogP contribution in [0, 0.1) is 5.82 Å². The molecule has 0 unspecified atom stereocenters. The summed E-state index contributed by atoms with van der Waals surface area (Å²) < 4.78 is 20.1. The molecular weight excluding hydrogens is 568 g/mol. The first-order chi connectivity index (χ1) is 18.7.